The first kappa shape index (κ1) is 14.3. The maximum atomic E-state index is 14.0. The van der Waals surface area contributed by atoms with E-state index in [1.54, 1.807) is 0 Å². The van der Waals surface area contributed by atoms with Gasteiger partial charge in [-0.15, -0.1) is 0 Å². The van der Waals surface area contributed by atoms with Gasteiger partial charge in [-0.1, -0.05) is 12.1 Å². The Balaban J connectivity index is 2.63. The molecule has 0 spiro atoms. The second-order valence-corrected chi connectivity index (χ2v) is 5.50. The highest BCUT2D eigenvalue weighted by atomic mass is 32.2. The van der Waals surface area contributed by atoms with Gasteiger partial charge in [-0.3, -0.25) is 9.00 Å². The second kappa shape index (κ2) is 5.50. The van der Waals surface area contributed by atoms with Gasteiger partial charge in [0.25, 0.3) is 0 Å². The molecule has 0 heterocycles. The van der Waals surface area contributed by atoms with Crippen molar-refractivity contribution in [3.8, 4) is 11.1 Å². The van der Waals surface area contributed by atoms with E-state index in [1.165, 1.54) is 24.5 Å². The van der Waals surface area contributed by atoms with Gasteiger partial charge in [0.05, 0.1) is 10.8 Å². The van der Waals surface area contributed by atoms with Crippen LogP contribution in [0.1, 0.15) is 10.4 Å². The molecule has 0 fully saturated rings. The van der Waals surface area contributed by atoms with Crippen LogP contribution in [0.3, 0.4) is 0 Å². The molecule has 0 aliphatic carbocycles. The van der Waals surface area contributed by atoms with E-state index in [9.17, 15) is 17.8 Å². The Hall–Kier alpha value is -2.08. The smallest absolute Gasteiger partial charge is 0.248 e. The lowest BCUT2D eigenvalue weighted by molar-refractivity contribution is 0.1000. The van der Waals surface area contributed by atoms with E-state index in [0.29, 0.717) is 5.56 Å². The van der Waals surface area contributed by atoms with Crippen LogP contribution in [0.4, 0.5) is 8.78 Å². The van der Waals surface area contributed by atoms with Crippen molar-refractivity contribution >= 4 is 16.7 Å². The summed E-state index contributed by atoms with van der Waals surface area (Å²) in [7, 11) is -1.47. The van der Waals surface area contributed by atoms with Crippen molar-refractivity contribution in [1.29, 1.82) is 0 Å². The summed E-state index contributed by atoms with van der Waals surface area (Å²) in [6.07, 6.45) is 1.38. The fourth-order valence-electron chi connectivity index (χ4n) is 1.84. The average molecular weight is 295 g/mol. The van der Waals surface area contributed by atoms with Crippen LogP contribution in [0, 0.1) is 11.6 Å². The summed E-state index contributed by atoms with van der Waals surface area (Å²) in [5, 5.41) is 0. The molecule has 0 bridgehead atoms. The number of carbonyl (C=O) groups excluding carboxylic acids is 1. The van der Waals surface area contributed by atoms with Gasteiger partial charge in [0.1, 0.15) is 11.6 Å². The normalized spacial score (nSPS) is 12.2. The maximum absolute atomic E-state index is 14.0. The summed E-state index contributed by atoms with van der Waals surface area (Å²) >= 11 is 0. The van der Waals surface area contributed by atoms with Crippen LogP contribution >= 0.6 is 0 Å². The molecule has 0 saturated heterocycles. The Labute approximate surface area is 116 Å². The van der Waals surface area contributed by atoms with Crippen molar-refractivity contribution in [1.82, 2.24) is 0 Å². The van der Waals surface area contributed by atoms with Crippen LogP contribution in [0.25, 0.3) is 11.1 Å². The zero-order chi connectivity index (χ0) is 14.9. The molecule has 20 heavy (non-hydrogen) atoms. The number of amides is 1. The molecule has 1 unspecified atom stereocenters. The quantitative estimate of drug-likeness (QED) is 0.945. The van der Waals surface area contributed by atoms with Crippen LogP contribution in [0.15, 0.2) is 41.3 Å². The van der Waals surface area contributed by atoms with Crippen molar-refractivity contribution in [2.75, 3.05) is 6.26 Å². The number of rotatable bonds is 3. The van der Waals surface area contributed by atoms with Crippen LogP contribution in [0.2, 0.25) is 0 Å². The Bertz CT molecular complexity index is 716. The highest BCUT2D eigenvalue weighted by molar-refractivity contribution is 7.84. The molecule has 1 atom stereocenters. The average Bonchev–Trinajstić information content (AvgIpc) is 2.38. The lowest BCUT2D eigenvalue weighted by Crippen LogP contribution is -2.11. The van der Waals surface area contributed by atoms with Crippen LogP contribution in [-0.2, 0) is 10.8 Å². The molecule has 2 rings (SSSR count). The number of halogens is 2. The second-order valence-electron chi connectivity index (χ2n) is 4.15. The maximum Gasteiger partial charge on any atom is 0.248 e. The lowest BCUT2D eigenvalue weighted by Gasteiger charge is -2.09. The topological polar surface area (TPSA) is 60.2 Å². The largest absolute Gasteiger partial charge is 0.366 e. The third-order valence-corrected chi connectivity index (χ3v) is 3.75. The van der Waals surface area contributed by atoms with Gasteiger partial charge in [0.2, 0.25) is 5.91 Å². The van der Waals surface area contributed by atoms with Gasteiger partial charge < -0.3 is 5.73 Å². The first-order valence-electron chi connectivity index (χ1n) is 5.63. The van der Waals surface area contributed by atoms with Crippen LogP contribution < -0.4 is 5.73 Å². The minimum Gasteiger partial charge on any atom is -0.366 e. The summed E-state index contributed by atoms with van der Waals surface area (Å²) in [4.78, 5) is 11.2. The van der Waals surface area contributed by atoms with Crippen molar-refractivity contribution in [2.24, 2.45) is 5.73 Å². The van der Waals surface area contributed by atoms with Crippen molar-refractivity contribution < 1.29 is 17.8 Å². The molecular weight excluding hydrogens is 284 g/mol. The first-order chi connectivity index (χ1) is 9.40. The predicted octanol–water partition coefficient (Wildman–Crippen LogP) is 2.47. The molecule has 104 valence electrons. The summed E-state index contributed by atoms with van der Waals surface area (Å²) in [5.41, 5.74) is 5.56. The van der Waals surface area contributed by atoms with Crippen molar-refractivity contribution in [3.63, 3.8) is 0 Å². The van der Waals surface area contributed by atoms with E-state index in [1.807, 2.05) is 0 Å². The highest BCUT2D eigenvalue weighted by Gasteiger charge is 2.14. The monoisotopic (exact) mass is 295 g/mol. The number of hydrogen-bond donors (Lipinski definition) is 1. The first-order valence-corrected chi connectivity index (χ1v) is 7.18. The Morgan fingerprint density at radius 1 is 1.10 bits per heavy atom. The standard InChI is InChI=1S/C14H11F2NO2S/c1-20(19)13-7-9(15)3-5-11(13)10-4-2-8(14(17)18)6-12(10)16/h2-7H,1H3,(H2,17,18). The van der Waals surface area contributed by atoms with Crippen LogP contribution in [0.5, 0.6) is 0 Å². The number of nitrogens with two attached hydrogens (primary N) is 1. The summed E-state index contributed by atoms with van der Waals surface area (Å²) < 4.78 is 38.9. The number of benzene rings is 2. The zero-order valence-electron chi connectivity index (χ0n) is 10.5. The van der Waals surface area contributed by atoms with E-state index in [0.717, 1.165) is 18.2 Å². The molecule has 2 aromatic carbocycles. The molecule has 0 aromatic heterocycles. The minimum atomic E-state index is -1.47. The molecule has 0 radical (unpaired) electrons. The Morgan fingerprint density at radius 3 is 2.30 bits per heavy atom. The third-order valence-electron chi connectivity index (χ3n) is 2.80. The van der Waals surface area contributed by atoms with Gasteiger partial charge >= 0.3 is 0 Å². The molecular formula is C14H11F2NO2S. The minimum absolute atomic E-state index is 0.0348. The SMILES string of the molecule is CS(=O)c1cc(F)ccc1-c1ccc(C(N)=O)cc1F. The van der Waals surface area contributed by atoms with Gasteiger partial charge in [0, 0.05) is 27.8 Å². The Kier molecular flexibility index (Phi) is 3.94. The predicted molar refractivity (Wildman–Crippen MR) is 72.6 cm³/mol. The Morgan fingerprint density at radius 2 is 1.75 bits per heavy atom. The van der Waals surface area contributed by atoms with Gasteiger partial charge in [0.15, 0.2) is 0 Å². The van der Waals surface area contributed by atoms with Gasteiger partial charge in [-0.25, -0.2) is 8.78 Å². The third kappa shape index (κ3) is 2.75. The highest BCUT2D eigenvalue weighted by Crippen LogP contribution is 2.29. The molecule has 6 heteroatoms. The fourth-order valence-corrected chi connectivity index (χ4v) is 2.61. The molecule has 0 saturated carbocycles. The van der Waals surface area contributed by atoms with Gasteiger partial charge in [-0.2, -0.15) is 0 Å². The number of primary amides is 1. The molecule has 3 nitrogen and oxygen atoms in total. The molecule has 2 aromatic rings. The van der Waals surface area contributed by atoms with E-state index in [-0.39, 0.29) is 16.0 Å². The zero-order valence-corrected chi connectivity index (χ0v) is 11.3. The van der Waals surface area contributed by atoms with Crippen molar-refractivity contribution in [2.45, 2.75) is 4.90 Å². The van der Waals surface area contributed by atoms with E-state index >= 15 is 0 Å². The van der Waals surface area contributed by atoms with E-state index < -0.39 is 28.3 Å². The van der Waals surface area contributed by atoms with Gasteiger partial charge in [-0.05, 0) is 24.3 Å². The molecule has 0 aliphatic heterocycles. The fraction of sp³-hybridized carbons (Fsp3) is 0.0714. The van der Waals surface area contributed by atoms with Crippen molar-refractivity contribution in [3.05, 3.63) is 53.6 Å². The molecule has 1 amide bonds. The summed E-state index contributed by atoms with van der Waals surface area (Å²) in [6, 6.07) is 7.35. The van der Waals surface area contributed by atoms with Crippen LogP contribution in [-0.4, -0.2) is 16.4 Å². The number of hydrogen-bond acceptors (Lipinski definition) is 2. The molecule has 0 aliphatic rings. The van der Waals surface area contributed by atoms with E-state index in [4.69, 9.17) is 5.73 Å². The van der Waals surface area contributed by atoms with E-state index in [2.05, 4.69) is 0 Å². The lowest BCUT2D eigenvalue weighted by atomic mass is 10.0. The number of carbonyl (C=O) groups is 1. The summed E-state index contributed by atoms with van der Waals surface area (Å²) in [5.74, 6) is -1.97. The summed E-state index contributed by atoms with van der Waals surface area (Å²) in [6.45, 7) is 0. The molecule has 2 N–H and O–H groups in total.